The number of cyclic esters (lactones) is 1. The zero-order valence-corrected chi connectivity index (χ0v) is 16.4. The molecule has 154 valence electrons. The second-order valence-electron chi connectivity index (χ2n) is 6.89. The third-order valence-electron chi connectivity index (χ3n) is 4.93. The summed E-state index contributed by atoms with van der Waals surface area (Å²) in [5.41, 5.74) is 4.51. The summed E-state index contributed by atoms with van der Waals surface area (Å²) in [6, 6.07) is 12.2. The van der Waals surface area contributed by atoms with Gasteiger partial charge in [-0.15, -0.1) is 0 Å². The molecule has 3 heterocycles. The van der Waals surface area contributed by atoms with Crippen molar-refractivity contribution in [1.29, 1.82) is 0 Å². The van der Waals surface area contributed by atoms with E-state index in [4.69, 9.17) is 20.8 Å². The Morgan fingerprint density at radius 2 is 1.90 bits per heavy atom. The van der Waals surface area contributed by atoms with Crippen molar-refractivity contribution >= 4 is 41.1 Å². The molecule has 1 aromatic heterocycles. The van der Waals surface area contributed by atoms with E-state index in [2.05, 4.69) is 5.43 Å². The van der Waals surface area contributed by atoms with Crippen LogP contribution in [0.25, 0.3) is 17.4 Å². The normalized spacial score (nSPS) is 16.6. The Labute approximate surface area is 179 Å². The molecule has 3 aromatic rings. The van der Waals surface area contributed by atoms with Gasteiger partial charge in [0.05, 0.1) is 16.3 Å². The molecule has 31 heavy (non-hydrogen) atoms. The number of carbonyl (C=O) groups excluding carboxylic acids is 3. The maximum absolute atomic E-state index is 13.4. The number of hydrogen-bond acceptors (Lipinski definition) is 5. The van der Waals surface area contributed by atoms with Crippen LogP contribution in [0.2, 0.25) is 5.02 Å². The number of anilines is 1. The van der Waals surface area contributed by atoms with Crippen LogP contribution < -0.4 is 10.4 Å². The number of nitrogens with zero attached hydrogens (tertiary/aromatic N) is 1. The number of furan rings is 1. The van der Waals surface area contributed by atoms with Crippen molar-refractivity contribution in [1.82, 2.24) is 5.43 Å². The van der Waals surface area contributed by atoms with E-state index in [9.17, 15) is 18.8 Å². The van der Waals surface area contributed by atoms with Gasteiger partial charge in [0.25, 0.3) is 11.8 Å². The summed E-state index contributed by atoms with van der Waals surface area (Å²) in [7, 11) is 0. The average Bonchev–Trinajstić information content (AvgIpc) is 3.45. The molecular formula is C22H12ClFN2O5. The number of benzene rings is 2. The quantitative estimate of drug-likeness (QED) is 0.381. The monoisotopic (exact) mass is 438 g/mol. The highest BCUT2D eigenvalue weighted by Crippen LogP contribution is 2.30. The number of nitrogens with one attached hydrogen (secondary N) is 1. The minimum Gasteiger partial charge on any atom is -0.457 e. The zero-order chi connectivity index (χ0) is 21.7. The lowest BCUT2D eigenvalue weighted by molar-refractivity contribution is -0.117. The summed E-state index contributed by atoms with van der Waals surface area (Å²) in [6.07, 6.45) is 1.33. The molecule has 2 aromatic carbocycles. The smallest absolute Gasteiger partial charge is 0.338 e. The van der Waals surface area contributed by atoms with E-state index in [1.165, 1.54) is 18.2 Å². The van der Waals surface area contributed by atoms with Crippen molar-refractivity contribution in [3.05, 3.63) is 81.8 Å². The number of hydrazine groups is 1. The Hall–Kier alpha value is -3.91. The van der Waals surface area contributed by atoms with Crippen molar-refractivity contribution in [3.8, 4) is 11.3 Å². The highest BCUT2D eigenvalue weighted by Gasteiger charge is 2.35. The highest BCUT2D eigenvalue weighted by molar-refractivity contribution is 6.33. The summed E-state index contributed by atoms with van der Waals surface area (Å²) in [6.45, 7) is 0.206. The van der Waals surface area contributed by atoms with Gasteiger partial charge in [0, 0.05) is 11.1 Å². The molecule has 1 N–H and O–H groups in total. The van der Waals surface area contributed by atoms with Crippen LogP contribution in [0, 0.1) is 5.82 Å². The predicted octanol–water partition coefficient (Wildman–Crippen LogP) is 3.87. The number of carbonyl (C=O) groups is 3. The van der Waals surface area contributed by atoms with Gasteiger partial charge in [-0.05, 0) is 48.5 Å². The van der Waals surface area contributed by atoms with Crippen LogP contribution >= 0.6 is 11.6 Å². The number of fused-ring (bicyclic) bond motifs is 1. The van der Waals surface area contributed by atoms with Crippen LogP contribution in [-0.2, 0) is 20.9 Å². The van der Waals surface area contributed by atoms with Crippen molar-refractivity contribution in [3.63, 3.8) is 0 Å². The third kappa shape index (κ3) is 3.27. The van der Waals surface area contributed by atoms with E-state index in [-0.39, 0.29) is 28.9 Å². The second-order valence-corrected chi connectivity index (χ2v) is 7.30. The Balaban J connectivity index is 1.42. The van der Waals surface area contributed by atoms with Crippen LogP contribution in [0.4, 0.5) is 10.1 Å². The van der Waals surface area contributed by atoms with Crippen LogP contribution in [0.1, 0.15) is 21.7 Å². The first-order chi connectivity index (χ1) is 14.9. The van der Waals surface area contributed by atoms with Gasteiger partial charge < -0.3 is 9.15 Å². The lowest BCUT2D eigenvalue weighted by Gasteiger charge is -2.14. The van der Waals surface area contributed by atoms with Crippen LogP contribution in [0.5, 0.6) is 0 Å². The summed E-state index contributed by atoms with van der Waals surface area (Å²) in [5.74, 6) is -1.45. The molecule has 5 rings (SSSR count). The third-order valence-corrected chi connectivity index (χ3v) is 5.22. The topological polar surface area (TPSA) is 88.9 Å². The van der Waals surface area contributed by atoms with Gasteiger partial charge in [-0.1, -0.05) is 17.7 Å². The van der Waals surface area contributed by atoms with Gasteiger partial charge in [-0.25, -0.2) is 14.2 Å². The van der Waals surface area contributed by atoms with Crippen LogP contribution in [-0.4, -0.2) is 17.8 Å². The largest absolute Gasteiger partial charge is 0.457 e. The van der Waals surface area contributed by atoms with Crippen molar-refractivity contribution in [2.75, 3.05) is 5.01 Å². The zero-order valence-electron chi connectivity index (χ0n) is 15.6. The first-order valence-electron chi connectivity index (χ1n) is 9.13. The predicted molar refractivity (Wildman–Crippen MR) is 108 cm³/mol. The summed E-state index contributed by atoms with van der Waals surface area (Å²) >= 11 is 5.76. The van der Waals surface area contributed by atoms with E-state index >= 15 is 0 Å². The molecule has 0 bridgehead atoms. The first kappa shape index (κ1) is 19.1. The SMILES string of the molecule is O=C1NN(c2ccc(F)c(Cl)c2)C(=O)C1=Cc1ccc(-c2ccc3c(c2)COC3=O)o1. The summed E-state index contributed by atoms with van der Waals surface area (Å²) < 4.78 is 24.2. The fourth-order valence-corrected chi connectivity index (χ4v) is 3.55. The first-order valence-corrected chi connectivity index (χ1v) is 9.51. The molecule has 9 heteroatoms. The number of amides is 2. The molecule has 7 nitrogen and oxygen atoms in total. The number of halogens is 2. The highest BCUT2D eigenvalue weighted by atomic mass is 35.5. The van der Waals surface area contributed by atoms with Gasteiger partial charge >= 0.3 is 5.97 Å². The van der Waals surface area contributed by atoms with Gasteiger partial charge in [0.15, 0.2) is 0 Å². The number of esters is 1. The summed E-state index contributed by atoms with van der Waals surface area (Å²) in [5, 5.41) is 0.815. The van der Waals surface area contributed by atoms with E-state index in [1.807, 2.05) is 0 Å². The second kappa shape index (κ2) is 7.10. The maximum Gasteiger partial charge on any atom is 0.338 e. The molecule has 0 atom stereocenters. The Bertz CT molecular complexity index is 1310. The molecule has 0 aliphatic carbocycles. The molecule has 1 fully saturated rings. The van der Waals surface area contributed by atoms with Gasteiger partial charge in [0.2, 0.25) is 0 Å². The fourth-order valence-electron chi connectivity index (χ4n) is 3.38. The number of ether oxygens (including phenoxy) is 1. The number of rotatable bonds is 3. The van der Waals surface area contributed by atoms with Crippen LogP contribution in [0.3, 0.4) is 0 Å². The van der Waals surface area contributed by atoms with E-state index in [0.29, 0.717) is 17.1 Å². The molecular weight excluding hydrogens is 427 g/mol. The fraction of sp³-hybridized carbons (Fsp3) is 0.0455. The molecule has 0 unspecified atom stereocenters. The van der Waals surface area contributed by atoms with Gasteiger partial charge in [-0.3, -0.25) is 15.0 Å². The minimum absolute atomic E-state index is 0.144. The van der Waals surface area contributed by atoms with Crippen LogP contribution in [0.15, 0.2) is 58.5 Å². The van der Waals surface area contributed by atoms with E-state index < -0.39 is 17.6 Å². The molecule has 2 aliphatic heterocycles. The molecule has 0 spiro atoms. The lowest BCUT2D eigenvalue weighted by atomic mass is 10.0. The standard InChI is InChI=1S/C22H12ClFN2O5/c23-17-8-13(2-5-18(17)24)26-21(28)16(20(27)25-26)9-14-3-6-19(31-14)11-1-4-15-12(7-11)10-30-22(15)29/h1-9H,10H2,(H,25,27). The number of hydrogen-bond donors (Lipinski definition) is 1. The Kier molecular flexibility index (Phi) is 4.37. The average molecular weight is 439 g/mol. The molecule has 2 aliphatic rings. The molecule has 1 saturated heterocycles. The van der Waals surface area contributed by atoms with E-state index in [1.54, 1.807) is 30.3 Å². The Morgan fingerprint density at radius 3 is 2.71 bits per heavy atom. The lowest BCUT2D eigenvalue weighted by Crippen LogP contribution is -2.35. The maximum atomic E-state index is 13.4. The van der Waals surface area contributed by atoms with E-state index in [0.717, 1.165) is 22.2 Å². The molecule has 0 saturated carbocycles. The van der Waals surface area contributed by atoms with Crippen molar-refractivity contribution in [2.45, 2.75) is 6.61 Å². The summed E-state index contributed by atoms with van der Waals surface area (Å²) in [4.78, 5) is 36.6. The molecule has 2 amide bonds. The van der Waals surface area contributed by atoms with Crippen molar-refractivity contribution < 1.29 is 27.9 Å². The van der Waals surface area contributed by atoms with Gasteiger partial charge in [-0.2, -0.15) is 0 Å². The minimum atomic E-state index is -0.634. The van der Waals surface area contributed by atoms with Gasteiger partial charge in [0.1, 0.15) is 29.5 Å². The van der Waals surface area contributed by atoms with Crippen molar-refractivity contribution in [2.24, 2.45) is 0 Å². The Morgan fingerprint density at radius 1 is 1.06 bits per heavy atom. The molecule has 0 radical (unpaired) electrons.